The van der Waals surface area contributed by atoms with Gasteiger partial charge >= 0.3 is 0 Å². The summed E-state index contributed by atoms with van der Waals surface area (Å²) in [5.41, 5.74) is 0. The molecular formula is C14H28N2S. The molecular weight excluding hydrogens is 228 g/mol. The van der Waals surface area contributed by atoms with Crippen LogP contribution in [0.1, 0.15) is 46.5 Å². The standard InChI is InChI=1S/C14H28N2S/c1-12(2)16-10-7-14(11-16)17-13(3)15-8-5-4-6-9-15/h12-14H,4-11H2,1-3H3. The van der Waals surface area contributed by atoms with Crippen molar-refractivity contribution >= 4 is 11.8 Å². The zero-order chi connectivity index (χ0) is 12.3. The second-order valence-corrected chi connectivity index (χ2v) is 7.45. The SMILES string of the molecule is CC(C)N1CCC(SC(C)N2CCCCC2)C1. The molecule has 0 bridgehead atoms. The van der Waals surface area contributed by atoms with Crippen molar-refractivity contribution in [1.29, 1.82) is 0 Å². The Balaban J connectivity index is 1.73. The lowest BCUT2D eigenvalue weighted by Gasteiger charge is -2.33. The summed E-state index contributed by atoms with van der Waals surface area (Å²) in [7, 11) is 0. The van der Waals surface area contributed by atoms with Crippen molar-refractivity contribution in [2.75, 3.05) is 26.2 Å². The molecule has 2 aliphatic rings. The third kappa shape index (κ3) is 3.87. The van der Waals surface area contributed by atoms with E-state index < -0.39 is 0 Å². The van der Waals surface area contributed by atoms with Crippen LogP contribution in [-0.2, 0) is 0 Å². The van der Waals surface area contributed by atoms with Gasteiger partial charge in [-0.15, -0.1) is 11.8 Å². The molecule has 0 aromatic rings. The summed E-state index contributed by atoms with van der Waals surface area (Å²) >= 11 is 2.22. The lowest BCUT2D eigenvalue weighted by molar-refractivity contribution is 0.222. The summed E-state index contributed by atoms with van der Waals surface area (Å²) in [6, 6.07) is 0.728. The highest BCUT2D eigenvalue weighted by atomic mass is 32.2. The average molecular weight is 256 g/mol. The van der Waals surface area contributed by atoms with E-state index in [1.807, 2.05) is 0 Å². The molecule has 2 unspecified atom stereocenters. The molecule has 100 valence electrons. The first-order valence-electron chi connectivity index (χ1n) is 7.30. The predicted octanol–water partition coefficient (Wildman–Crippen LogP) is 3.03. The average Bonchev–Trinajstić information content (AvgIpc) is 2.79. The molecule has 2 heterocycles. The zero-order valence-electron chi connectivity index (χ0n) is 11.7. The van der Waals surface area contributed by atoms with E-state index in [-0.39, 0.29) is 0 Å². The topological polar surface area (TPSA) is 6.48 Å². The number of likely N-dealkylation sites (tertiary alicyclic amines) is 2. The maximum absolute atomic E-state index is 2.69. The monoisotopic (exact) mass is 256 g/mol. The summed E-state index contributed by atoms with van der Waals surface area (Å²) in [6.45, 7) is 12.3. The smallest absolute Gasteiger partial charge is 0.0531 e. The molecule has 2 fully saturated rings. The van der Waals surface area contributed by atoms with E-state index in [2.05, 4.69) is 42.3 Å². The van der Waals surface area contributed by atoms with Crippen LogP contribution in [-0.4, -0.2) is 52.6 Å². The van der Waals surface area contributed by atoms with Gasteiger partial charge in [-0.2, -0.15) is 0 Å². The summed E-state index contributed by atoms with van der Waals surface area (Å²) < 4.78 is 0. The van der Waals surface area contributed by atoms with Gasteiger partial charge < -0.3 is 0 Å². The molecule has 0 saturated carbocycles. The van der Waals surface area contributed by atoms with Crippen LogP contribution in [0.3, 0.4) is 0 Å². The first kappa shape index (κ1) is 13.7. The highest BCUT2D eigenvalue weighted by Gasteiger charge is 2.27. The van der Waals surface area contributed by atoms with E-state index in [0.29, 0.717) is 0 Å². The largest absolute Gasteiger partial charge is 0.300 e. The summed E-state index contributed by atoms with van der Waals surface area (Å²) in [5.74, 6) is 0. The molecule has 2 saturated heterocycles. The highest BCUT2D eigenvalue weighted by Crippen LogP contribution is 2.30. The van der Waals surface area contributed by atoms with Gasteiger partial charge in [0.05, 0.1) is 5.37 Å². The van der Waals surface area contributed by atoms with Crippen LogP contribution in [0, 0.1) is 0 Å². The van der Waals surface area contributed by atoms with Gasteiger partial charge in [0, 0.05) is 17.8 Å². The normalized spacial score (nSPS) is 30.0. The molecule has 2 aliphatic heterocycles. The fourth-order valence-corrected chi connectivity index (χ4v) is 4.44. The Morgan fingerprint density at radius 3 is 2.24 bits per heavy atom. The lowest BCUT2D eigenvalue weighted by Crippen LogP contribution is -2.37. The van der Waals surface area contributed by atoms with Crippen LogP contribution >= 0.6 is 11.8 Å². The van der Waals surface area contributed by atoms with Crippen LogP contribution in [0.2, 0.25) is 0 Å². The van der Waals surface area contributed by atoms with E-state index in [4.69, 9.17) is 0 Å². The van der Waals surface area contributed by atoms with Crippen molar-refractivity contribution < 1.29 is 0 Å². The first-order valence-corrected chi connectivity index (χ1v) is 8.24. The number of nitrogens with zero attached hydrogens (tertiary/aromatic N) is 2. The van der Waals surface area contributed by atoms with Gasteiger partial charge in [-0.25, -0.2) is 0 Å². The van der Waals surface area contributed by atoms with Gasteiger partial charge in [-0.05, 0) is 59.7 Å². The minimum Gasteiger partial charge on any atom is -0.300 e. The van der Waals surface area contributed by atoms with Gasteiger partial charge in [0.1, 0.15) is 0 Å². The molecule has 17 heavy (non-hydrogen) atoms. The van der Waals surface area contributed by atoms with Gasteiger partial charge in [0.2, 0.25) is 0 Å². The zero-order valence-corrected chi connectivity index (χ0v) is 12.5. The fraction of sp³-hybridized carbons (Fsp3) is 1.00. The van der Waals surface area contributed by atoms with Gasteiger partial charge in [-0.1, -0.05) is 6.42 Å². The van der Waals surface area contributed by atoms with Crippen LogP contribution < -0.4 is 0 Å². The van der Waals surface area contributed by atoms with Crippen molar-refractivity contribution in [3.63, 3.8) is 0 Å². The van der Waals surface area contributed by atoms with Crippen LogP contribution in [0.5, 0.6) is 0 Å². The molecule has 3 heteroatoms. The Morgan fingerprint density at radius 2 is 1.65 bits per heavy atom. The van der Waals surface area contributed by atoms with E-state index in [9.17, 15) is 0 Å². The second-order valence-electron chi connectivity index (χ2n) is 5.83. The molecule has 2 nitrogen and oxygen atoms in total. The molecule has 0 aromatic carbocycles. The molecule has 0 aromatic heterocycles. The maximum Gasteiger partial charge on any atom is 0.0531 e. The molecule has 0 spiro atoms. The van der Waals surface area contributed by atoms with Gasteiger partial charge in [0.15, 0.2) is 0 Å². The van der Waals surface area contributed by atoms with Gasteiger partial charge in [0.25, 0.3) is 0 Å². The Hall–Kier alpha value is 0.270. The quantitative estimate of drug-likeness (QED) is 0.763. The van der Waals surface area contributed by atoms with Crippen molar-refractivity contribution in [3.05, 3.63) is 0 Å². The summed E-state index contributed by atoms with van der Waals surface area (Å²) in [5, 5.41) is 1.60. The third-order valence-electron chi connectivity index (χ3n) is 4.20. The lowest BCUT2D eigenvalue weighted by atomic mass is 10.1. The first-order chi connectivity index (χ1) is 8.16. The highest BCUT2D eigenvalue weighted by molar-refractivity contribution is 8.00. The Kier molecular flexibility index (Phi) is 5.19. The van der Waals surface area contributed by atoms with Crippen LogP contribution in [0.25, 0.3) is 0 Å². The molecule has 0 aliphatic carbocycles. The molecule has 0 amide bonds. The third-order valence-corrected chi connectivity index (χ3v) is 5.66. The van der Waals surface area contributed by atoms with Gasteiger partial charge in [-0.3, -0.25) is 9.80 Å². The minimum absolute atomic E-state index is 0.728. The second kappa shape index (κ2) is 6.44. The maximum atomic E-state index is 2.69. The number of hydrogen-bond acceptors (Lipinski definition) is 3. The summed E-state index contributed by atoms with van der Waals surface area (Å²) in [6.07, 6.45) is 5.65. The van der Waals surface area contributed by atoms with Crippen molar-refractivity contribution in [1.82, 2.24) is 9.80 Å². The Labute approximate surface area is 111 Å². The molecule has 2 atom stereocenters. The fourth-order valence-electron chi connectivity index (χ4n) is 2.98. The Bertz CT molecular complexity index is 226. The van der Waals surface area contributed by atoms with Crippen molar-refractivity contribution in [2.24, 2.45) is 0 Å². The van der Waals surface area contributed by atoms with E-state index in [1.165, 1.54) is 51.9 Å². The number of rotatable bonds is 4. The molecule has 0 N–H and O–H groups in total. The molecule has 2 rings (SSSR count). The number of thioether (sulfide) groups is 1. The number of piperidine rings is 1. The van der Waals surface area contributed by atoms with Crippen LogP contribution in [0.15, 0.2) is 0 Å². The van der Waals surface area contributed by atoms with E-state index in [0.717, 1.165) is 16.7 Å². The summed E-state index contributed by atoms with van der Waals surface area (Å²) in [4.78, 5) is 5.31. The van der Waals surface area contributed by atoms with E-state index >= 15 is 0 Å². The molecule has 0 radical (unpaired) electrons. The number of hydrogen-bond donors (Lipinski definition) is 0. The predicted molar refractivity (Wildman–Crippen MR) is 77.6 cm³/mol. The van der Waals surface area contributed by atoms with Crippen molar-refractivity contribution in [3.8, 4) is 0 Å². The Morgan fingerprint density at radius 1 is 0.941 bits per heavy atom. The van der Waals surface area contributed by atoms with Crippen LogP contribution in [0.4, 0.5) is 0 Å². The van der Waals surface area contributed by atoms with E-state index in [1.54, 1.807) is 0 Å². The minimum atomic E-state index is 0.728. The van der Waals surface area contributed by atoms with Crippen molar-refractivity contribution in [2.45, 2.75) is 63.1 Å².